The molecule has 210 valence electrons. The number of carbonyl (C=O) groups excluding carboxylic acids is 1. The number of alkyl halides is 1. The van der Waals surface area contributed by atoms with Crippen LogP contribution in [0, 0.1) is 5.41 Å². The molecule has 38 heavy (non-hydrogen) atoms. The third-order valence-corrected chi connectivity index (χ3v) is 8.21. The molecule has 1 aromatic heterocycles. The topological polar surface area (TPSA) is 158 Å². The molecule has 1 fully saturated rings. The molecule has 6 atom stereocenters. The fourth-order valence-corrected chi connectivity index (χ4v) is 5.73. The molecule has 0 bridgehead atoms. The number of aliphatic hydroxyl groups excluding tert-OH is 1. The van der Waals surface area contributed by atoms with Gasteiger partial charge in [0.25, 0.3) is 5.56 Å². The Morgan fingerprint density at radius 2 is 1.95 bits per heavy atom. The molecule has 0 saturated carbocycles. The third-order valence-electron chi connectivity index (χ3n) is 5.65. The van der Waals surface area contributed by atoms with Gasteiger partial charge in [0.05, 0.1) is 16.3 Å². The van der Waals surface area contributed by atoms with Gasteiger partial charge in [-0.05, 0) is 46.8 Å². The number of nitrogens with zero attached hydrogens (tertiary/aromatic N) is 1. The van der Waals surface area contributed by atoms with Crippen LogP contribution in [0.15, 0.2) is 52.2 Å². The highest BCUT2D eigenvalue weighted by molar-refractivity contribution is 9.10. The lowest BCUT2D eigenvalue weighted by Gasteiger charge is -2.27. The number of hydrogen-bond acceptors (Lipinski definition) is 9. The SMILES string of the molecule is C[C@@H](COC(=O)C(C)(C)C)NP(=O)(OC[C@H]1O[C@@H](n2ccc(=O)[nH]c2=O)[C@](C)(Br)[C@@H]1O)Oc1ccccc1. The Labute approximate surface area is 228 Å². The van der Waals surface area contributed by atoms with E-state index in [-0.39, 0.29) is 19.0 Å². The van der Waals surface area contributed by atoms with E-state index >= 15 is 0 Å². The molecular formula is C24H33BrN3O9P. The first kappa shape index (κ1) is 30.3. The summed E-state index contributed by atoms with van der Waals surface area (Å²) >= 11 is 3.42. The number of hydrogen-bond donors (Lipinski definition) is 3. The van der Waals surface area contributed by atoms with E-state index in [9.17, 15) is 24.1 Å². The number of halogens is 1. The van der Waals surface area contributed by atoms with E-state index in [0.29, 0.717) is 0 Å². The largest absolute Gasteiger partial charge is 0.464 e. The van der Waals surface area contributed by atoms with Crippen molar-refractivity contribution >= 4 is 29.6 Å². The van der Waals surface area contributed by atoms with E-state index in [2.05, 4.69) is 26.0 Å². The van der Waals surface area contributed by atoms with Crippen LogP contribution in [-0.2, 0) is 23.4 Å². The summed E-state index contributed by atoms with van der Waals surface area (Å²) in [4.78, 5) is 38.1. The van der Waals surface area contributed by atoms with Gasteiger partial charge in [-0.2, -0.15) is 0 Å². The number of nitrogens with one attached hydrogen (secondary N) is 2. The lowest BCUT2D eigenvalue weighted by Crippen LogP contribution is -2.42. The molecule has 1 unspecified atom stereocenters. The summed E-state index contributed by atoms with van der Waals surface area (Å²) in [7, 11) is -4.09. The van der Waals surface area contributed by atoms with Crippen LogP contribution in [0.1, 0.15) is 40.8 Å². The van der Waals surface area contributed by atoms with E-state index in [1.807, 2.05) is 0 Å². The van der Waals surface area contributed by atoms with Gasteiger partial charge in [0.15, 0.2) is 6.23 Å². The number of benzene rings is 1. The number of esters is 1. The van der Waals surface area contributed by atoms with Gasteiger partial charge in [-0.1, -0.05) is 34.1 Å². The Morgan fingerprint density at radius 1 is 1.29 bits per heavy atom. The Morgan fingerprint density at radius 3 is 2.55 bits per heavy atom. The van der Waals surface area contributed by atoms with Gasteiger partial charge >= 0.3 is 19.4 Å². The Kier molecular flexibility index (Phi) is 9.44. The van der Waals surface area contributed by atoms with Crippen LogP contribution in [0.3, 0.4) is 0 Å². The van der Waals surface area contributed by atoms with Crippen molar-refractivity contribution < 1.29 is 33.0 Å². The van der Waals surface area contributed by atoms with Crippen molar-refractivity contribution in [3.05, 3.63) is 63.4 Å². The van der Waals surface area contributed by atoms with Gasteiger partial charge in [0.2, 0.25) is 0 Å². The molecule has 3 N–H and O–H groups in total. The number of ether oxygens (including phenoxy) is 2. The minimum absolute atomic E-state index is 0.0964. The molecule has 2 aromatic rings. The number of para-hydroxylation sites is 1. The molecule has 0 aliphatic carbocycles. The average molecular weight is 618 g/mol. The molecule has 14 heteroatoms. The van der Waals surface area contributed by atoms with Crippen molar-refractivity contribution in [1.29, 1.82) is 0 Å². The van der Waals surface area contributed by atoms with Gasteiger partial charge in [-0.3, -0.25) is 23.7 Å². The second-order valence-corrected chi connectivity index (χ2v) is 13.6. The highest BCUT2D eigenvalue weighted by atomic mass is 79.9. The normalized spacial score (nSPS) is 25.9. The van der Waals surface area contributed by atoms with Crippen molar-refractivity contribution in [2.45, 2.75) is 63.4 Å². The van der Waals surface area contributed by atoms with Gasteiger partial charge in [-0.15, -0.1) is 0 Å². The maximum Gasteiger partial charge on any atom is 0.459 e. The van der Waals surface area contributed by atoms with Gasteiger partial charge in [0, 0.05) is 18.3 Å². The highest BCUT2D eigenvalue weighted by Crippen LogP contribution is 2.48. The number of aromatic amines is 1. The van der Waals surface area contributed by atoms with Crippen molar-refractivity contribution in [1.82, 2.24) is 14.6 Å². The quantitative estimate of drug-likeness (QED) is 0.205. The summed E-state index contributed by atoms with van der Waals surface area (Å²) in [5, 5.41) is 13.7. The van der Waals surface area contributed by atoms with Gasteiger partial charge in [0.1, 0.15) is 24.6 Å². The Balaban J connectivity index is 1.75. The number of H-pyrrole nitrogens is 1. The number of aliphatic hydroxyl groups is 1. The van der Waals surface area contributed by atoms with E-state index < -0.39 is 59.2 Å². The summed E-state index contributed by atoms with van der Waals surface area (Å²) in [6, 6.07) is 8.87. The zero-order chi connectivity index (χ0) is 28.3. The minimum Gasteiger partial charge on any atom is -0.464 e. The first-order valence-corrected chi connectivity index (χ1v) is 14.2. The van der Waals surface area contributed by atoms with Gasteiger partial charge < -0.3 is 19.1 Å². The number of aromatic nitrogens is 2. The first-order valence-electron chi connectivity index (χ1n) is 11.9. The zero-order valence-electron chi connectivity index (χ0n) is 21.8. The minimum atomic E-state index is -4.09. The average Bonchev–Trinajstić information content (AvgIpc) is 3.04. The molecule has 3 rings (SSSR count). The maximum atomic E-state index is 13.8. The second kappa shape index (κ2) is 11.8. The second-order valence-electron chi connectivity index (χ2n) is 10.2. The van der Waals surface area contributed by atoms with E-state index in [0.717, 1.165) is 10.6 Å². The Hall–Kier alpha value is -2.28. The van der Waals surface area contributed by atoms with Crippen LogP contribution in [0.25, 0.3) is 0 Å². The lowest BCUT2D eigenvalue weighted by molar-refractivity contribution is -0.153. The highest BCUT2D eigenvalue weighted by Gasteiger charge is 2.53. The smallest absolute Gasteiger partial charge is 0.459 e. The summed E-state index contributed by atoms with van der Waals surface area (Å²) in [6.45, 7) is 7.94. The molecule has 12 nitrogen and oxygen atoms in total. The zero-order valence-corrected chi connectivity index (χ0v) is 24.2. The predicted molar refractivity (Wildman–Crippen MR) is 142 cm³/mol. The van der Waals surface area contributed by atoms with E-state index in [1.54, 1.807) is 65.0 Å². The van der Waals surface area contributed by atoms with Crippen LogP contribution >= 0.6 is 23.7 Å². The van der Waals surface area contributed by atoms with Crippen molar-refractivity contribution in [2.24, 2.45) is 5.41 Å². The fraction of sp³-hybridized carbons (Fsp3) is 0.542. The van der Waals surface area contributed by atoms with Crippen LogP contribution < -0.4 is 20.9 Å². The summed E-state index contributed by atoms with van der Waals surface area (Å²) in [5.41, 5.74) is -2.00. The number of rotatable bonds is 10. The van der Waals surface area contributed by atoms with Gasteiger partial charge in [-0.25, -0.2) is 14.4 Å². The molecule has 2 heterocycles. The number of carbonyl (C=O) groups is 1. The first-order chi connectivity index (χ1) is 17.6. The molecule has 1 aliphatic heterocycles. The van der Waals surface area contributed by atoms with Crippen LogP contribution in [0.4, 0.5) is 0 Å². The molecule has 1 aliphatic rings. The standard InChI is InChI=1S/C24H33BrN3O9P/c1-15(13-34-21(31)23(2,3)4)27-38(33,37-16-9-7-6-8-10-16)35-14-17-19(30)24(5,25)20(36-17)28-12-11-18(29)26-22(28)32/h6-12,15,17,19-20,30H,13-14H2,1-5H3,(H,27,33)(H,26,29,32)/t15-,17+,19+,20+,24+,38?/m0/s1. The molecule has 1 aromatic carbocycles. The van der Waals surface area contributed by atoms with Crippen LogP contribution in [-0.4, -0.2) is 56.4 Å². The molecule has 0 radical (unpaired) electrons. The molecule has 1 saturated heterocycles. The maximum absolute atomic E-state index is 13.8. The van der Waals surface area contributed by atoms with E-state index in [1.165, 1.54) is 6.20 Å². The summed E-state index contributed by atoms with van der Waals surface area (Å²) < 4.78 is 36.3. The fourth-order valence-electron chi connectivity index (χ4n) is 3.57. The third kappa shape index (κ3) is 7.43. The summed E-state index contributed by atoms with van der Waals surface area (Å²) in [6.07, 6.45) is -2.01. The van der Waals surface area contributed by atoms with Crippen molar-refractivity contribution in [3.63, 3.8) is 0 Å². The monoisotopic (exact) mass is 617 g/mol. The molecule has 0 spiro atoms. The van der Waals surface area contributed by atoms with Crippen molar-refractivity contribution in [2.75, 3.05) is 13.2 Å². The summed E-state index contributed by atoms with van der Waals surface area (Å²) in [5.74, 6) is -0.161. The van der Waals surface area contributed by atoms with Crippen LogP contribution in [0.2, 0.25) is 0 Å². The predicted octanol–water partition coefficient (Wildman–Crippen LogP) is 2.72. The van der Waals surface area contributed by atoms with Crippen molar-refractivity contribution in [3.8, 4) is 5.75 Å². The van der Waals surface area contributed by atoms with Crippen LogP contribution in [0.5, 0.6) is 5.75 Å². The molecular weight excluding hydrogens is 585 g/mol. The van der Waals surface area contributed by atoms with E-state index in [4.69, 9.17) is 18.5 Å². The Bertz CT molecular complexity index is 1280. The molecule has 0 amide bonds. The lowest BCUT2D eigenvalue weighted by atomic mass is 9.97.